The van der Waals surface area contributed by atoms with Crippen LogP contribution in [0.5, 0.6) is 0 Å². The highest BCUT2D eigenvalue weighted by Crippen LogP contribution is 2.22. The Morgan fingerprint density at radius 3 is 2.73 bits per heavy atom. The molecule has 0 radical (unpaired) electrons. The maximum absolute atomic E-state index is 11.0. The molecule has 0 aliphatic rings. The van der Waals surface area contributed by atoms with Gasteiger partial charge in [0.05, 0.1) is 6.54 Å². The van der Waals surface area contributed by atoms with Crippen molar-refractivity contribution in [2.24, 2.45) is 0 Å². The minimum absolute atomic E-state index is 0.00564. The van der Waals surface area contributed by atoms with Gasteiger partial charge in [-0.05, 0) is 18.6 Å². The van der Waals surface area contributed by atoms with Gasteiger partial charge in [-0.1, -0.05) is 34.1 Å². The lowest BCUT2D eigenvalue weighted by atomic mass is 10.1. The van der Waals surface area contributed by atoms with Crippen molar-refractivity contribution in [2.45, 2.75) is 13.0 Å². The highest BCUT2D eigenvalue weighted by Gasteiger charge is 2.08. The summed E-state index contributed by atoms with van der Waals surface area (Å²) in [4.78, 5) is 11.0. The van der Waals surface area contributed by atoms with E-state index in [1.54, 1.807) is 7.05 Å². The van der Waals surface area contributed by atoms with Crippen LogP contribution in [0.25, 0.3) is 0 Å². The molecule has 82 valence electrons. The maximum atomic E-state index is 11.0. The minimum Gasteiger partial charge on any atom is -0.358 e. The SMILES string of the molecule is CNC(=O)CN[C@@H](C)c1ccccc1Br. The number of likely N-dealkylation sites (N-methyl/N-ethyl adjacent to an activating group) is 1. The number of carbonyl (C=O) groups excluding carboxylic acids is 1. The van der Waals surface area contributed by atoms with E-state index < -0.39 is 0 Å². The number of benzene rings is 1. The van der Waals surface area contributed by atoms with E-state index in [0.29, 0.717) is 6.54 Å². The summed E-state index contributed by atoms with van der Waals surface area (Å²) >= 11 is 3.48. The minimum atomic E-state index is -0.00564. The smallest absolute Gasteiger partial charge is 0.233 e. The highest BCUT2D eigenvalue weighted by molar-refractivity contribution is 9.10. The summed E-state index contributed by atoms with van der Waals surface area (Å²) in [5, 5.41) is 5.72. The van der Waals surface area contributed by atoms with E-state index >= 15 is 0 Å². The van der Waals surface area contributed by atoms with Crippen molar-refractivity contribution in [1.82, 2.24) is 10.6 Å². The van der Waals surface area contributed by atoms with E-state index in [-0.39, 0.29) is 11.9 Å². The Morgan fingerprint density at radius 2 is 2.13 bits per heavy atom. The van der Waals surface area contributed by atoms with Gasteiger partial charge in [0.15, 0.2) is 0 Å². The number of carbonyl (C=O) groups is 1. The molecule has 3 nitrogen and oxygen atoms in total. The molecule has 0 heterocycles. The molecule has 15 heavy (non-hydrogen) atoms. The first-order valence-electron chi connectivity index (χ1n) is 4.83. The van der Waals surface area contributed by atoms with Crippen LogP contribution in [0, 0.1) is 0 Å². The van der Waals surface area contributed by atoms with Gasteiger partial charge < -0.3 is 10.6 Å². The summed E-state index contributed by atoms with van der Waals surface area (Å²) in [6.45, 7) is 2.36. The standard InChI is InChI=1S/C11H15BrN2O/c1-8(14-7-11(15)13-2)9-5-3-4-6-10(9)12/h3-6,8,14H,7H2,1-2H3,(H,13,15)/t8-/m0/s1. The molecular weight excluding hydrogens is 256 g/mol. The van der Waals surface area contributed by atoms with E-state index in [2.05, 4.69) is 26.6 Å². The van der Waals surface area contributed by atoms with E-state index in [4.69, 9.17) is 0 Å². The first-order valence-corrected chi connectivity index (χ1v) is 5.63. The Bertz CT molecular complexity index is 341. The van der Waals surface area contributed by atoms with Crippen LogP contribution in [-0.2, 0) is 4.79 Å². The Balaban J connectivity index is 2.57. The first kappa shape index (κ1) is 12.2. The molecule has 1 rings (SSSR count). The molecule has 0 spiro atoms. The average Bonchev–Trinajstić information content (AvgIpc) is 2.26. The predicted molar refractivity (Wildman–Crippen MR) is 64.6 cm³/mol. The zero-order valence-electron chi connectivity index (χ0n) is 8.88. The third-order valence-corrected chi connectivity index (χ3v) is 2.94. The van der Waals surface area contributed by atoms with Crippen molar-refractivity contribution in [2.75, 3.05) is 13.6 Å². The van der Waals surface area contributed by atoms with Gasteiger partial charge in [-0.15, -0.1) is 0 Å². The van der Waals surface area contributed by atoms with Crippen molar-refractivity contribution >= 4 is 21.8 Å². The van der Waals surface area contributed by atoms with Gasteiger partial charge in [0.2, 0.25) is 5.91 Å². The second-order valence-corrected chi connectivity index (χ2v) is 4.15. The second-order valence-electron chi connectivity index (χ2n) is 3.30. The zero-order chi connectivity index (χ0) is 11.3. The van der Waals surface area contributed by atoms with Gasteiger partial charge in [0, 0.05) is 17.6 Å². The quantitative estimate of drug-likeness (QED) is 0.877. The third kappa shape index (κ3) is 3.64. The van der Waals surface area contributed by atoms with Gasteiger partial charge in [0.1, 0.15) is 0 Å². The Morgan fingerprint density at radius 1 is 1.47 bits per heavy atom. The lowest BCUT2D eigenvalue weighted by Crippen LogP contribution is -2.32. The van der Waals surface area contributed by atoms with Crippen molar-refractivity contribution in [3.05, 3.63) is 34.3 Å². The summed E-state index contributed by atoms with van der Waals surface area (Å²) in [7, 11) is 1.63. The lowest BCUT2D eigenvalue weighted by molar-refractivity contribution is -0.119. The molecule has 0 aliphatic carbocycles. The lowest BCUT2D eigenvalue weighted by Gasteiger charge is -2.14. The van der Waals surface area contributed by atoms with E-state index in [0.717, 1.165) is 10.0 Å². The summed E-state index contributed by atoms with van der Waals surface area (Å²) in [5.74, 6) is -0.00564. The molecule has 1 atom stereocenters. The summed E-state index contributed by atoms with van der Waals surface area (Å²) in [6, 6.07) is 8.13. The summed E-state index contributed by atoms with van der Waals surface area (Å²) in [6.07, 6.45) is 0. The van der Waals surface area contributed by atoms with Crippen molar-refractivity contribution < 1.29 is 4.79 Å². The number of hydrogen-bond donors (Lipinski definition) is 2. The fourth-order valence-electron chi connectivity index (χ4n) is 1.27. The van der Waals surface area contributed by atoms with Crippen LogP contribution < -0.4 is 10.6 Å². The molecule has 0 fully saturated rings. The molecule has 0 unspecified atom stereocenters. The summed E-state index contributed by atoms with van der Waals surface area (Å²) in [5.41, 5.74) is 1.15. The largest absolute Gasteiger partial charge is 0.358 e. The number of amides is 1. The van der Waals surface area contributed by atoms with Gasteiger partial charge >= 0.3 is 0 Å². The number of rotatable bonds is 4. The van der Waals surface area contributed by atoms with Crippen LogP contribution in [0.4, 0.5) is 0 Å². The van der Waals surface area contributed by atoms with Crippen LogP contribution in [0.15, 0.2) is 28.7 Å². The van der Waals surface area contributed by atoms with E-state index in [1.807, 2.05) is 31.2 Å². The molecule has 0 aromatic heterocycles. The normalized spacial score (nSPS) is 12.2. The number of hydrogen-bond acceptors (Lipinski definition) is 2. The number of halogens is 1. The molecule has 4 heteroatoms. The molecule has 1 amide bonds. The van der Waals surface area contributed by atoms with Crippen molar-refractivity contribution in [1.29, 1.82) is 0 Å². The zero-order valence-corrected chi connectivity index (χ0v) is 10.5. The predicted octanol–water partition coefficient (Wildman–Crippen LogP) is 1.85. The van der Waals surface area contributed by atoms with Gasteiger partial charge in [-0.3, -0.25) is 4.79 Å². The van der Waals surface area contributed by atoms with E-state index in [1.165, 1.54) is 0 Å². The summed E-state index contributed by atoms with van der Waals surface area (Å²) < 4.78 is 1.06. The van der Waals surface area contributed by atoms with Gasteiger partial charge in [-0.25, -0.2) is 0 Å². The monoisotopic (exact) mass is 270 g/mol. The van der Waals surface area contributed by atoms with Crippen LogP contribution in [0.2, 0.25) is 0 Å². The van der Waals surface area contributed by atoms with Gasteiger partial charge in [-0.2, -0.15) is 0 Å². The Hall–Kier alpha value is -0.870. The fourth-order valence-corrected chi connectivity index (χ4v) is 1.90. The molecule has 1 aromatic rings. The van der Waals surface area contributed by atoms with Crippen LogP contribution in [0.1, 0.15) is 18.5 Å². The molecule has 0 saturated heterocycles. The molecule has 2 N–H and O–H groups in total. The Kier molecular flexibility index (Phi) is 4.78. The van der Waals surface area contributed by atoms with Crippen LogP contribution in [-0.4, -0.2) is 19.5 Å². The Labute approximate surface area is 98.4 Å². The molecule has 0 saturated carbocycles. The molecule has 1 aromatic carbocycles. The second kappa shape index (κ2) is 5.88. The average molecular weight is 271 g/mol. The van der Waals surface area contributed by atoms with Crippen molar-refractivity contribution in [3.63, 3.8) is 0 Å². The number of nitrogens with one attached hydrogen (secondary N) is 2. The van der Waals surface area contributed by atoms with E-state index in [9.17, 15) is 4.79 Å². The topological polar surface area (TPSA) is 41.1 Å². The third-order valence-electron chi connectivity index (χ3n) is 2.22. The van der Waals surface area contributed by atoms with Crippen LogP contribution >= 0.6 is 15.9 Å². The molecule has 0 bridgehead atoms. The maximum Gasteiger partial charge on any atom is 0.233 e. The molecular formula is C11H15BrN2O. The van der Waals surface area contributed by atoms with Crippen molar-refractivity contribution in [3.8, 4) is 0 Å². The first-order chi connectivity index (χ1) is 7.15. The molecule has 0 aliphatic heterocycles. The highest BCUT2D eigenvalue weighted by atomic mass is 79.9. The fraction of sp³-hybridized carbons (Fsp3) is 0.364. The van der Waals surface area contributed by atoms with Crippen LogP contribution in [0.3, 0.4) is 0 Å². The van der Waals surface area contributed by atoms with Gasteiger partial charge in [0.25, 0.3) is 0 Å².